The number of rotatable bonds is 5. The Morgan fingerprint density at radius 2 is 1.89 bits per heavy atom. The highest BCUT2D eigenvalue weighted by atomic mass is 16.5. The third-order valence-corrected chi connectivity index (χ3v) is 3.63. The maximum absolute atomic E-state index is 11.9. The number of carbonyl (C=O) groups excluding carboxylic acids is 1. The molecule has 0 saturated heterocycles. The van der Waals surface area contributed by atoms with E-state index in [0.717, 1.165) is 25.7 Å². The van der Waals surface area contributed by atoms with Crippen LogP contribution in [0.1, 0.15) is 32.1 Å². The van der Waals surface area contributed by atoms with Gasteiger partial charge in [0.25, 0.3) is 5.91 Å². The van der Waals surface area contributed by atoms with Gasteiger partial charge in [0.1, 0.15) is 5.75 Å². The van der Waals surface area contributed by atoms with Gasteiger partial charge in [0.2, 0.25) is 0 Å². The number of nitrogens with one attached hydrogen (secondary N) is 1. The standard InChI is InChI=1S/C15H21NO3/c17-12-15(9-5-2-6-10-15)16-14(18)11-19-13-7-3-1-4-8-13/h1,3-4,7-8,17H,2,5-6,9-12H2,(H,16,18). The van der Waals surface area contributed by atoms with Gasteiger partial charge in [0.05, 0.1) is 12.1 Å². The third-order valence-electron chi connectivity index (χ3n) is 3.63. The Morgan fingerprint density at radius 1 is 1.21 bits per heavy atom. The first-order valence-electron chi connectivity index (χ1n) is 6.84. The van der Waals surface area contributed by atoms with E-state index < -0.39 is 5.54 Å². The van der Waals surface area contributed by atoms with Gasteiger partial charge in [-0.2, -0.15) is 0 Å². The van der Waals surface area contributed by atoms with E-state index in [0.29, 0.717) is 5.75 Å². The number of aliphatic hydroxyl groups is 1. The lowest BCUT2D eigenvalue weighted by atomic mass is 9.82. The molecule has 0 heterocycles. The van der Waals surface area contributed by atoms with Gasteiger partial charge in [-0.3, -0.25) is 4.79 Å². The van der Waals surface area contributed by atoms with Crippen molar-refractivity contribution in [2.24, 2.45) is 0 Å². The molecule has 1 aromatic rings. The molecule has 0 radical (unpaired) electrons. The van der Waals surface area contributed by atoms with Crippen LogP contribution in [0.2, 0.25) is 0 Å². The van der Waals surface area contributed by atoms with Crippen molar-refractivity contribution in [1.29, 1.82) is 0 Å². The molecule has 0 bridgehead atoms. The van der Waals surface area contributed by atoms with Crippen molar-refractivity contribution in [3.63, 3.8) is 0 Å². The van der Waals surface area contributed by atoms with E-state index in [2.05, 4.69) is 5.32 Å². The number of amides is 1. The van der Waals surface area contributed by atoms with Gasteiger partial charge in [0, 0.05) is 0 Å². The molecule has 19 heavy (non-hydrogen) atoms. The Balaban J connectivity index is 1.83. The summed E-state index contributed by atoms with van der Waals surface area (Å²) in [5.41, 5.74) is -0.435. The van der Waals surface area contributed by atoms with E-state index in [-0.39, 0.29) is 19.1 Å². The van der Waals surface area contributed by atoms with Crippen LogP contribution in [0.15, 0.2) is 30.3 Å². The highest BCUT2D eigenvalue weighted by Crippen LogP contribution is 2.27. The van der Waals surface area contributed by atoms with Crippen molar-refractivity contribution >= 4 is 5.91 Å². The van der Waals surface area contributed by atoms with Crippen LogP contribution >= 0.6 is 0 Å². The number of para-hydroxylation sites is 1. The predicted molar refractivity (Wildman–Crippen MR) is 73.0 cm³/mol. The number of hydrogen-bond acceptors (Lipinski definition) is 3. The molecule has 0 unspecified atom stereocenters. The molecule has 104 valence electrons. The molecule has 1 saturated carbocycles. The zero-order valence-corrected chi connectivity index (χ0v) is 11.1. The van der Waals surface area contributed by atoms with Crippen LogP contribution in [0, 0.1) is 0 Å². The molecule has 0 aliphatic heterocycles. The minimum atomic E-state index is -0.435. The molecule has 1 aromatic carbocycles. The third kappa shape index (κ3) is 3.96. The Kier molecular flexibility index (Phi) is 4.80. The normalized spacial score (nSPS) is 17.7. The molecule has 4 nitrogen and oxygen atoms in total. The maximum atomic E-state index is 11.9. The molecule has 1 aliphatic rings. The second-order valence-corrected chi connectivity index (χ2v) is 5.15. The Hall–Kier alpha value is -1.55. The highest BCUT2D eigenvalue weighted by Gasteiger charge is 2.32. The predicted octanol–water partition coefficient (Wildman–Crippen LogP) is 1.88. The van der Waals surface area contributed by atoms with Crippen LogP contribution in [0.25, 0.3) is 0 Å². The maximum Gasteiger partial charge on any atom is 0.258 e. The Bertz CT molecular complexity index is 399. The topological polar surface area (TPSA) is 58.6 Å². The van der Waals surface area contributed by atoms with Gasteiger partial charge in [-0.15, -0.1) is 0 Å². The van der Waals surface area contributed by atoms with Crippen LogP contribution < -0.4 is 10.1 Å². The van der Waals surface area contributed by atoms with Crippen molar-refractivity contribution in [1.82, 2.24) is 5.32 Å². The van der Waals surface area contributed by atoms with E-state index in [1.54, 1.807) is 0 Å². The molecule has 2 rings (SSSR count). The zero-order chi connectivity index (χ0) is 13.6. The fourth-order valence-electron chi connectivity index (χ4n) is 2.55. The molecule has 0 atom stereocenters. The van der Waals surface area contributed by atoms with Crippen molar-refractivity contribution in [2.75, 3.05) is 13.2 Å². The van der Waals surface area contributed by atoms with E-state index in [1.165, 1.54) is 6.42 Å². The van der Waals surface area contributed by atoms with Crippen LogP contribution in [-0.2, 0) is 4.79 Å². The summed E-state index contributed by atoms with van der Waals surface area (Å²) < 4.78 is 5.41. The number of aliphatic hydroxyl groups excluding tert-OH is 1. The first-order chi connectivity index (χ1) is 9.24. The van der Waals surface area contributed by atoms with Gasteiger partial charge in [-0.1, -0.05) is 37.5 Å². The summed E-state index contributed by atoms with van der Waals surface area (Å²) in [5, 5.41) is 12.5. The van der Waals surface area contributed by atoms with Crippen LogP contribution in [0.5, 0.6) is 5.75 Å². The molecule has 1 aliphatic carbocycles. The molecule has 0 spiro atoms. The summed E-state index contributed by atoms with van der Waals surface area (Å²) in [6.07, 6.45) is 4.99. The summed E-state index contributed by atoms with van der Waals surface area (Å²) in [5.74, 6) is 0.513. The Morgan fingerprint density at radius 3 is 2.53 bits per heavy atom. The first-order valence-corrected chi connectivity index (χ1v) is 6.84. The minimum Gasteiger partial charge on any atom is -0.484 e. The molecule has 0 aromatic heterocycles. The molecular weight excluding hydrogens is 242 g/mol. The lowest BCUT2D eigenvalue weighted by molar-refractivity contribution is -0.126. The highest BCUT2D eigenvalue weighted by molar-refractivity contribution is 5.78. The van der Waals surface area contributed by atoms with Gasteiger partial charge >= 0.3 is 0 Å². The fourth-order valence-corrected chi connectivity index (χ4v) is 2.55. The molecule has 4 heteroatoms. The number of hydrogen-bond donors (Lipinski definition) is 2. The van der Waals surface area contributed by atoms with Crippen molar-refractivity contribution in [2.45, 2.75) is 37.6 Å². The van der Waals surface area contributed by atoms with Crippen molar-refractivity contribution in [3.8, 4) is 5.75 Å². The monoisotopic (exact) mass is 263 g/mol. The second-order valence-electron chi connectivity index (χ2n) is 5.15. The Labute approximate surface area is 113 Å². The smallest absolute Gasteiger partial charge is 0.258 e. The van der Waals surface area contributed by atoms with Crippen molar-refractivity contribution < 1.29 is 14.6 Å². The summed E-state index contributed by atoms with van der Waals surface area (Å²) in [6, 6.07) is 9.26. The van der Waals surface area contributed by atoms with E-state index >= 15 is 0 Å². The summed E-state index contributed by atoms with van der Waals surface area (Å²) in [4.78, 5) is 11.9. The average Bonchev–Trinajstić information content (AvgIpc) is 2.47. The number of benzene rings is 1. The number of carbonyl (C=O) groups is 1. The molecule has 1 fully saturated rings. The SMILES string of the molecule is O=C(COc1ccccc1)NC1(CO)CCCCC1. The van der Waals surface area contributed by atoms with Gasteiger partial charge in [0.15, 0.2) is 6.61 Å². The zero-order valence-electron chi connectivity index (χ0n) is 11.1. The molecule has 2 N–H and O–H groups in total. The average molecular weight is 263 g/mol. The largest absolute Gasteiger partial charge is 0.484 e. The van der Waals surface area contributed by atoms with E-state index in [4.69, 9.17) is 4.74 Å². The van der Waals surface area contributed by atoms with Crippen molar-refractivity contribution in [3.05, 3.63) is 30.3 Å². The van der Waals surface area contributed by atoms with Gasteiger partial charge in [-0.25, -0.2) is 0 Å². The van der Waals surface area contributed by atoms with Gasteiger partial charge in [-0.05, 0) is 25.0 Å². The second kappa shape index (κ2) is 6.57. The summed E-state index contributed by atoms with van der Waals surface area (Å²) in [6.45, 7) is -0.00413. The fraction of sp³-hybridized carbons (Fsp3) is 0.533. The van der Waals surface area contributed by atoms with Crippen LogP contribution in [-0.4, -0.2) is 29.8 Å². The van der Waals surface area contributed by atoms with Crippen LogP contribution in [0.4, 0.5) is 0 Å². The first kappa shape index (κ1) is 13.9. The lowest BCUT2D eigenvalue weighted by Crippen LogP contribution is -2.53. The summed E-state index contributed by atoms with van der Waals surface area (Å²) in [7, 11) is 0. The van der Waals surface area contributed by atoms with Crippen LogP contribution in [0.3, 0.4) is 0 Å². The van der Waals surface area contributed by atoms with E-state index in [9.17, 15) is 9.90 Å². The number of ether oxygens (including phenoxy) is 1. The lowest BCUT2D eigenvalue weighted by Gasteiger charge is -2.36. The quantitative estimate of drug-likeness (QED) is 0.852. The van der Waals surface area contributed by atoms with E-state index in [1.807, 2.05) is 30.3 Å². The summed E-state index contributed by atoms with van der Waals surface area (Å²) >= 11 is 0. The molecular formula is C15H21NO3. The van der Waals surface area contributed by atoms with Gasteiger partial charge < -0.3 is 15.2 Å². The minimum absolute atomic E-state index is 0.00404. The molecule has 1 amide bonds.